The molecule has 0 N–H and O–H groups in total. The number of fused-ring (bicyclic) bond motifs is 1. The Hall–Kier alpha value is -0.0800. The van der Waals surface area contributed by atoms with E-state index in [0.717, 1.165) is 23.9 Å². The maximum Gasteiger partial charge on any atom is 0.0101 e. The number of hydrogen-bond donors (Lipinski definition) is 0. The van der Waals surface area contributed by atoms with Crippen molar-refractivity contribution < 1.29 is 0 Å². The number of hydrogen-bond acceptors (Lipinski definition) is 2. The average molecular weight is 276 g/mol. The highest BCUT2D eigenvalue weighted by atomic mass is 15.2. The third-order valence-corrected chi connectivity index (χ3v) is 6.78. The van der Waals surface area contributed by atoms with Crippen LogP contribution >= 0.6 is 0 Å². The lowest BCUT2D eigenvalue weighted by atomic mass is 10.0. The summed E-state index contributed by atoms with van der Waals surface area (Å²) in [4.78, 5) is 5.69. The van der Waals surface area contributed by atoms with Gasteiger partial charge in [0.2, 0.25) is 0 Å². The van der Waals surface area contributed by atoms with E-state index in [4.69, 9.17) is 0 Å². The van der Waals surface area contributed by atoms with E-state index in [-0.39, 0.29) is 0 Å². The second-order valence-electron chi connectivity index (χ2n) is 7.96. The van der Waals surface area contributed by atoms with Gasteiger partial charge < -0.3 is 9.80 Å². The molecule has 0 aromatic carbocycles. The Morgan fingerprint density at radius 2 is 0.800 bits per heavy atom. The normalized spacial score (nSPS) is 43.8. The van der Waals surface area contributed by atoms with Gasteiger partial charge in [-0.1, -0.05) is 12.8 Å². The highest BCUT2D eigenvalue weighted by molar-refractivity contribution is 4.98. The molecule has 0 aromatic rings. The molecule has 0 spiro atoms. The van der Waals surface area contributed by atoms with E-state index >= 15 is 0 Å². The number of likely N-dealkylation sites (tertiary alicyclic amines) is 2. The standard InChI is InChI=1S/C18H32N2/c1-3-7-19(8-4-1)17-11-15-13-18(14-16(15)12-17)20-9-5-2-6-10-20/h15-18H,1-14H2/t15-,16+,17?,18?. The largest absolute Gasteiger partial charge is 0.300 e. The third kappa shape index (κ3) is 2.66. The van der Waals surface area contributed by atoms with Gasteiger partial charge >= 0.3 is 0 Å². The number of nitrogens with zero attached hydrogens (tertiary/aromatic N) is 2. The molecular weight excluding hydrogens is 244 g/mol. The fourth-order valence-electron chi connectivity index (χ4n) is 5.72. The van der Waals surface area contributed by atoms with Crippen LogP contribution in [0.2, 0.25) is 0 Å². The van der Waals surface area contributed by atoms with E-state index in [1.165, 1.54) is 90.4 Å². The number of rotatable bonds is 2. The van der Waals surface area contributed by atoms with Crippen molar-refractivity contribution in [3.8, 4) is 0 Å². The van der Waals surface area contributed by atoms with Gasteiger partial charge in [-0.05, 0) is 89.4 Å². The molecule has 0 aromatic heterocycles. The van der Waals surface area contributed by atoms with Crippen LogP contribution in [-0.4, -0.2) is 48.1 Å². The van der Waals surface area contributed by atoms with Crippen molar-refractivity contribution in [1.29, 1.82) is 0 Å². The van der Waals surface area contributed by atoms with Crippen LogP contribution in [0.1, 0.15) is 64.2 Å². The second-order valence-corrected chi connectivity index (χ2v) is 7.96. The maximum atomic E-state index is 2.84. The van der Waals surface area contributed by atoms with Gasteiger partial charge in [0.25, 0.3) is 0 Å². The summed E-state index contributed by atoms with van der Waals surface area (Å²) in [6, 6.07) is 1.93. The molecule has 0 bridgehead atoms. The molecule has 114 valence electrons. The summed E-state index contributed by atoms with van der Waals surface area (Å²) in [6.07, 6.45) is 14.9. The van der Waals surface area contributed by atoms with Crippen LogP contribution in [0.3, 0.4) is 0 Å². The van der Waals surface area contributed by atoms with E-state index in [1.54, 1.807) is 0 Å². The topological polar surface area (TPSA) is 6.48 Å². The summed E-state index contributed by atoms with van der Waals surface area (Å²) in [5.74, 6) is 2.16. The molecule has 2 saturated carbocycles. The molecule has 2 aliphatic carbocycles. The number of piperidine rings is 2. The van der Waals surface area contributed by atoms with Gasteiger partial charge in [0.15, 0.2) is 0 Å². The molecule has 4 aliphatic rings. The van der Waals surface area contributed by atoms with Crippen LogP contribution in [-0.2, 0) is 0 Å². The zero-order chi connectivity index (χ0) is 13.4. The Labute approximate surface area is 124 Å². The molecule has 0 atom stereocenters. The van der Waals surface area contributed by atoms with Crippen molar-refractivity contribution in [3.63, 3.8) is 0 Å². The lowest BCUT2D eigenvalue weighted by molar-refractivity contribution is 0.136. The molecule has 0 radical (unpaired) electrons. The van der Waals surface area contributed by atoms with Gasteiger partial charge in [-0.15, -0.1) is 0 Å². The molecule has 0 amide bonds. The molecule has 2 aliphatic heterocycles. The Morgan fingerprint density at radius 1 is 0.450 bits per heavy atom. The van der Waals surface area contributed by atoms with Gasteiger partial charge in [-0.3, -0.25) is 0 Å². The third-order valence-electron chi connectivity index (χ3n) is 6.78. The first-order chi connectivity index (χ1) is 9.90. The molecule has 2 nitrogen and oxygen atoms in total. The quantitative estimate of drug-likeness (QED) is 0.761. The highest BCUT2D eigenvalue weighted by Crippen LogP contribution is 2.47. The second kappa shape index (κ2) is 5.96. The summed E-state index contributed by atoms with van der Waals surface area (Å²) in [7, 11) is 0. The Morgan fingerprint density at radius 3 is 1.15 bits per heavy atom. The first-order valence-corrected chi connectivity index (χ1v) is 9.38. The van der Waals surface area contributed by atoms with Crippen LogP contribution in [0.15, 0.2) is 0 Å². The molecular formula is C18H32N2. The van der Waals surface area contributed by atoms with E-state index in [1.807, 2.05) is 0 Å². The molecule has 2 heteroatoms. The summed E-state index contributed by atoms with van der Waals surface area (Å²) in [5, 5.41) is 0. The SMILES string of the molecule is C1CCN(C2C[C@H]3CC(N4CCCCC4)C[C@H]3C2)CC1. The van der Waals surface area contributed by atoms with Crippen molar-refractivity contribution in [2.45, 2.75) is 76.3 Å². The van der Waals surface area contributed by atoms with E-state index in [0.29, 0.717) is 0 Å². The fourth-order valence-corrected chi connectivity index (χ4v) is 5.72. The Kier molecular flexibility index (Phi) is 4.05. The van der Waals surface area contributed by atoms with E-state index in [9.17, 15) is 0 Å². The smallest absolute Gasteiger partial charge is 0.0101 e. The van der Waals surface area contributed by atoms with Crippen molar-refractivity contribution in [1.82, 2.24) is 9.80 Å². The minimum absolute atomic E-state index is 0.965. The molecule has 2 heterocycles. The molecule has 20 heavy (non-hydrogen) atoms. The Bertz CT molecular complexity index is 273. The lowest BCUT2D eigenvalue weighted by Gasteiger charge is -2.35. The van der Waals surface area contributed by atoms with Crippen LogP contribution in [0.5, 0.6) is 0 Å². The van der Waals surface area contributed by atoms with E-state index in [2.05, 4.69) is 9.80 Å². The minimum atomic E-state index is 0.965. The summed E-state index contributed by atoms with van der Waals surface area (Å²) in [6.45, 7) is 5.61. The first kappa shape index (κ1) is 13.6. The zero-order valence-electron chi connectivity index (χ0n) is 13.1. The Balaban J connectivity index is 1.31. The maximum absolute atomic E-state index is 2.84. The molecule has 4 rings (SSSR count). The molecule has 2 saturated heterocycles. The average Bonchev–Trinajstić information content (AvgIpc) is 3.08. The predicted molar refractivity (Wildman–Crippen MR) is 83.9 cm³/mol. The minimum Gasteiger partial charge on any atom is -0.300 e. The zero-order valence-corrected chi connectivity index (χ0v) is 13.1. The summed E-state index contributed by atoms with van der Waals surface area (Å²) in [5.41, 5.74) is 0. The molecule has 4 fully saturated rings. The highest BCUT2D eigenvalue weighted by Gasteiger charge is 2.44. The van der Waals surface area contributed by atoms with Crippen LogP contribution in [0.4, 0.5) is 0 Å². The fraction of sp³-hybridized carbons (Fsp3) is 1.00. The molecule has 0 unspecified atom stereocenters. The van der Waals surface area contributed by atoms with Gasteiger partial charge in [0.1, 0.15) is 0 Å². The van der Waals surface area contributed by atoms with Crippen molar-refractivity contribution >= 4 is 0 Å². The summed E-state index contributed by atoms with van der Waals surface area (Å²) >= 11 is 0. The van der Waals surface area contributed by atoms with Gasteiger partial charge in [0, 0.05) is 12.1 Å². The van der Waals surface area contributed by atoms with Gasteiger partial charge in [-0.2, -0.15) is 0 Å². The van der Waals surface area contributed by atoms with Crippen molar-refractivity contribution in [3.05, 3.63) is 0 Å². The van der Waals surface area contributed by atoms with Gasteiger partial charge in [0.05, 0.1) is 0 Å². The lowest BCUT2D eigenvalue weighted by Crippen LogP contribution is -2.40. The van der Waals surface area contributed by atoms with Crippen molar-refractivity contribution in [2.24, 2.45) is 11.8 Å². The van der Waals surface area contributed by atoms with Gasteiger partial charge in [-0.25, -0.2) is 0 Å². The van der Waals surface area contributed by atoms with Crippen LogP contribution in [0.25, 0.3) is 0 Å². The first-order valence-electron chi connectivity index (χ1n) is 9.38. The van der Waals surface area contributed by atoms with Crippen molar-refractivity contribution in [2.75, 3.05) is 26.2 Å². The summed E-state index contributed by atoms with van der Waals surface area (Å²) < 4.78 is 0. The monoisotopic (exact) mass is 276 g/mol. The predicted octanol–water partition coefficient (Wildman–Crippen LogP) is 3.52. The van der Waals surface area contributed by atoms with Crippen LogP contribution < -0.4 is 0 Å². The van der Waals surface area contributed by atoms with Crippen LogP contribution in [0, 0.1) is 11.8 Å². The van der Waals surface area contributed by atoms with E-state index < -0.39 is 0 Å².